The molecule has 3 aliphatic rings. The topological polar surface area (TPSA) is 52.7 Å². The van der Waals surface area contributed by atoms with Crippen molar-refractivity contribution in [3.8, 4) is 0 Å². The molecule has 0 spiro atoms. The summed E-state index contributed by atoms with van der Waals surface area (Å²) in [5, 5.41) is 3.47. The van der Waals surface area contributed by atoms with Gasteiger partial charge in [0.05, 0.1) is 24.0 Å². The number of para-hydroxylation sites is 2. The first-order chi connectivity index (χ1) is 18.7. The summed E-state index contributed by atoms with van der Waals surface area (Å²) in [6.45, 7) is 5.10. The molecule has 6 rings (SSSR count). The highest BCUT2D eigenvalue weighted by Crippen LogP contribution is 2.48. The van der Waals surface area contributed by atoms with E-state index in [-0.39, 0.29) is 29.2 Å². The molecule has 2 aliphatic heterocycles. The van der Waals surface area contributed by atoms with Gasteiger partial charge < -0.3 is 15.1 Å². The van der Waals surface area contributed by atoms with Crippen molar-refractivity contribution < 1.29 is 18.4 Å². The highest BCUT2D eigenvalue weighted by Gasteiger charge is 2.43. The Balaban J connectivity index is 1.47. The molecule has 1 amide bonds. The Kier molecular flexibility index (Phi) is 6.25. The van der Waals surface area contributed by atoms with Gasteiger partial charge in [-0.05, 0) is 47.6 Å². The van der Waals surface area contributed by atoms with Crippen molar-refractivity contribution in [2.24, 2.45) is 5.41 Å². The Bertz CT molecular complexity index is 1510. The maximum atomic E-state index is 15.5. The van der Waals surface area contributed by atoms with Crippen molar-refractivity contribution in [1.82, 2.24) is 4.90 Å². The third-order valence-corrected chi connectivity index (χ3v) is 8.05. The number of carbonyl (C=O) groups excluding carboxylic acids is 2. The Labute approximate surface area is 227 Å². The van der Waals surface area contributed by atoms with Gasteiger partial charge in [0.1, 0.15) is 11.6 Å². The number of benzene rings is 3. The Morgan fingerprint density at radius 1 is 1.00 bits per heavy atom. The van der Waals surface area contributed by atoms with Crippen LogP contribution in [0.3, 0.4) is 0 Å². The standard InChI is InChI=1S/C32H31F2N3O2/c1-32(2)16-26-30(28(38)17-32)31(23-12-11-22(33)15-24(23)34)37(27-10-6-5-9-25(27)35-26)19-29(39)36-14-13-20-7-3-4-8-21(20)18-36/h3-12,15,31,35H,13-14,16-19H2,1-2H3. The van der Waals surface area contributed by atoms with Crippen LogP contribution in [0.25, 0.3) is 0 Å². The SMILES string of the molecule is CC1(C)CC(=O)C2=C(C1)Nc1ccccc1N(CC(=O)N1CCc3ccccc3C1)C2c1ccc(F)cc1F. The van der Waals surface area contributed by atoms with Crippen molar-refractivity contribution in [1.29, 1.82) is 0 Å². The number of hydrogen-bond donors (Lipinski definition) is 1. The number of nitrogens with zero attached hydrogens (tertiary/aromatic N) is 2. The molecule has 3 aromatic rings. The number of amides is 1. The molecule has 7 heteroatoms. The molecule has 1 unspecified atom stereocenters. The van der Waals surface area contributed by atoms with Gasteiger partial charge in [-0.15, -0.1) is 0 Å². The van der Waals surface area contributed by atoms with E-state index in [2.05, 4.69) is 11.4 Å². The zero-order valence-corrected chi connectivity index (χ0v) is 22.1. The Hall–Kier alpha value is -4.00. The highest BCUT2D eigenvalue weighted by atomic mass is 19.1. The zero-order chi connectivity index (χ0) is 27.3. The van der Waals surface area contributed by atoms with E-state index in [1.165, 1.54) is 17.7 Å². The molecule has 5 nitrogen and oxygen atoms in total. The maximum absolute atomic E-state index is 15.5. The van der Waals surface area contributed by atoms with Crippen molar-refractivity contribution in [2.75, 3.05) is 23.3 Å². The van der Waals surface area contributed by atoms with Crippen LogP contribution in [-0.2, 0) is 22.6 Å². The normalized spacial score (nSPS) is 20.0. The fourth-order valence-corrected chi connectivity index (χ4v) is 6.23. The van der Waals surface area contributed by atoms with Gasteiger partial charge >= 0.3 is 0 Å². The van der Waals surface area contributed by atoms with E-state index < -0.39 is 17.7 Å². The molecule has 200 valence electrons. The number of ketones is 1. The van der Waals surface area contributed by atoms with Crippen LogP contribution in [0.15, 0.2) is 78.0 Å². The van der Waals surface area contributed by atoms with E-state index in [1.54, 1.807) is 0 Å². The van der Waals surface area contributed by atoms with E-state index in [4.69, 9.17) is 0 Å². The minimum atomic E-state index is -0.888. The lowest BCUT2D eigenvalue weighted by Gasteiger charge is -2.39. The quantitative estimate of drug-likeness (QED) is 0.443. The van der Waals surface area contributed by atoms with Crippen LogP contribution in [0, 0.1) is 17.0 Å². The first-order valence-corrected chi connectivity index (χ1v) is 13.4. The summed E-state index contributed by atoms with van der Waals surface area (Å²) in [5.74, 6) is -1.64. The van der Waals surface area contributed by atoms with Crippen molar-refractivity contribution in [3.63, 3.8) is 0 Å². The van der Waals surface area contributed by atoms with Crippen LogP contribution in [0.4, 0.5) is 20.2 Å². The molecule has 0 radical (unpaired) electrons. The van der Waals surface area contributed by atoms with Gasteiger partial charge in [-0.3, -0.25) is 9.59 Å². The van der Waals surface area contributed by atoms with Gasteiger partial charge in [0, 0.05) is 42.4 Å². The number of Topliss-reactive ketones (excluding diaryl/α,β-unsaturated/α-hetero) is 1. The van der Waals surface area contributed by atoms with E-state index in [9.17, 15) is 14.0 Å². The summed E-state index contributed by atoms with van der Waals surface area (Å²) in [6.07, 6.45) is 1.65. The second-order valence-electron chi connectivity index (χ2n) is 11.5. The maximum Gasteiger partial charge on any atom is 0.242 e. The molecule has 3 aromatic carbocycles. The predicted octanol–water partition coefficient (Wildman–Crippen LogP) is 6.17. The number of fused-ring (bicyclic) bond motifs is 2. The third-order valence-electron chi connectivity index (χ3n) is 8.05. The minimum Gasteiger partial charge on any atom is -0.357 e. The molecular weight excluding hydrogens is 496 g/mol. The van der Waals surface area contributed by atoms with Gasteiger partial charge in [0.2, 0.25) is 5.91 Å². The van der Waals surface area contributed by atoms with E-state index in [1.807, 2.05) is 66.1 Å². The summed E-state index contributed by atoms with van der Waals surface area (Å²) in [7, 11) is 0. The first kappa shape index (κ1) is 25.3. The van der Waals surface area contributed by atoms with Crippen LogP contribution in [0.2, 0.25) is 0 Å². The molecule has 0 fully saturated rings. The van der Waals surface area contributed by atoms with Gasteiger partial charge in [0.15, 0.2) is 5.78 Å². The van der Waals surface area contributed by atoms with Crippen LogP contribution in [0.1, 0.15) is 49.4 Å². The summed E-state index contributed by atoms with van der Waals surface area (Å²) >= 11 is 0. The summed E-state index contributed by atoms with van der Waals surface area (Å²) < 4.78 is 29.5. The molecule has 0 saturated heterocycles. The fourth-order valence-electron chi connectivity index (χ4n) is 6.23. The number of allylic oxidation sites excluding steroid dienone is 1. The van der Waals surface area contributed by atoms with Gasteiger partial charge in [-0.2, -0.15) is 0 Å². The highest BCUT2D eigenvalue weighted by molar-refractivity contribution is 6.02. The molecule has 39 heavy (non-hydrogen) atoms. The Morgan fingerprint density at radius 3 is 2.54 bits per heavy atom. The Morgan fingerprint density at radius 2 is 1.74 bits per heavy atom. The van der Waals surface area contributed by atoms with Gasteiger partial charge in [0.25, 0.3) is 0 Å². The lowest BCUT2D eigenvalue weighted by molar-refractivity contribution is -0.130. The molecule has 1 N–H and O–H groups in total. The molecule has 0 saturated carbocycles. The summed E-state index contributed by atoms with van der Waals surface area (Å²) in [5.41, 5.74) is 4.84. The minimum absolute atomic E-state index is 0.0597. The van der Waals surface area contributed by atoms with Crippen LogP contribution in [-0.4, -0.2) is 29.7 Å². The first-order valence-electron chi connectivity index (χ1n) is 13.4. The van der Waals surface area contributed by atoms with E-state index in [0.717, 1.165) is 29.4 Å². The predicted molar refractivity (Wildman–Crippen MR) is 147 cm³/mol. The molecule has 2 heterocycles. The van der Waals surface area contributed by atoms with Crippen molar-refractivity contribution in [2.45, 2.75) is 45.7 Å². The zero-order valence-electron chi connectivity index (χ0n) is 22.1. The number of hydrogen-bond acceptors (Lipinski definition) is 4. The van der Waals surface area contributed by atoms with E-state index >= 15 is 4.39 Å². The summed E-state index contributed by atoms with van der Waals surface area (Å²) in [6, 6.07) is 18.2. The van der Waals surface area contributed by atoms with Crippen LogP contribution in [0.5, 0.6) is 0 Å². The van der Waals surface area contributed by atoms with Crippen molar-refractivity contribution >= 4 is 23.1 Å². The summed E-state index contributed by atoms with van der Waals surface area (Å²) in [4.78, 5) is 31.3. The monoisotopic (exact) mass is 527 g/mol. The van der Waals surface area contributed by atoms with E-state index in [0.29, 0.717) is 37.2 Å². The number of halogens is 2. The number of rotatable bonds is 3. The van der Waals surface area contributed by atoms with Gasteiger partial charge in [-0.1, -0.05) is 56.3 Å². The average Bonchev–Trinajstić information content (AvgIpc) is 3.02. The largest absolute Gasteiger partial charge is 0.357 e. The second-order valence-corrected chi connectivity index (χ2v) is 11.5. The average molecular weight is 528 g/mol. The lowest BCUT2D eigenvalue weighted by Crippen LogP contribution is -2.45. The van der Waals surface area contributed by atoms with Crippen molar-refractivity contribution in [3.05, 3.63) is 106 Å². The molecule has 0 aromatic heterocycles. The number of carbonyl (C=O) groups is 2. The smallest absolute Gasteiger partial charge is 0.242 e. The number of anilines is 2. The number of nitrogens with one attached hydrogen (secondary N) is 1. The fraction of sp³-hybridized carbons (Fsp3) is 0.312. The van der Waals surface area contributed by atoms with Crippen LogP contribution >= 0.6 is 0 Å². The van der Waals surface area contributed by atoms with Gasteiger partial charge in [-0.25, -0.2) is 8.78 Å². The van der Waals surface area contributed by atoms with Crippen LogP contribution < -0.4 is 10.2 Å². The molecule has 1 aliphatic carbocycles. The molecule has 1 atom stereocenters. The second kappa shape index (κ2) is 9.63. The molecule has 0 bridgehead atoms. The molecular formula is C32H31F2N3O2. The lowest BCUT2D eigenvalue weighted by atomic mass is 9.73. The third kappa shape index (κ3) is 4.71.